The first-order valence-corrected chi connectivity index (χ1v) is 8.95. The molecule has 1 fully saturated rings. The monoisotopic (exact) mass is 339 g/mol. The number of amides is 2. The molecule has 1 aliphatic heterocycles. The van der Waals surface area contributed by atoms with E-state index in [4.69, 9.17) is 0 Å². The molecule has 0 saturated carbocycles. The Morgan fingerprint density at radius 2 is 1.96 bits per heavy atom. The Hall–Kier alpha value is -1.93. The number of aryl methyl sites for hydroxylation is 1. The molecule has 1 aliphatic rings. The molecule has 1 aromatic carbocycles. The highest BCUT2D eigenvalue weighted by Gasteiger charge is 2.27. The van der Waals surface area contributed by atoms with Crippen molar-refractivity contribution in [1.82, 2.24) is 15.4 Å². The Labute approximate surface area is 135 Å². The minimum Gasteiger partial charge on any atom is -0.354 e. The van der Waals surface area contributed by atoms with E-state index in [1.807, 2.05) is 6.92 Å². The maximum atomic E-state index is 12.2. The number of benzene rings is 1. The standard InChI is InChI=1S/C15H21N3O4S/c1-10-5-7-12(8-6-10)23(21,22)18-11(2)14(19)17-13-4-3-9-16-15(13)20/h5-8,11,13,18H,3-4,9H2,1-2H3,(H,16,20)(H,17,19)/t11-,13-/m0/s1. The lowest BCUT2D eigenvalue weighted by Gasteiger charge is -2.24. The number of hydrogen-bond acceptors (Lipinski definition) is 4. The van der Waals surface area contributed by atoms with Crippen LogP contribution in [-0.2, 0) is 19.6 Å². The molecule has 1 aromatic rings. The van der Waals surface area contributed by atoms with E-state index < -0.39 is 28.0 Å². The summed E-state index contributed by atoms with van der Waals surface area (Å²) in [6.45, 7) is 3.90. The molecule has 2 amide bonds. The molecule has 0 radical (unpaired) electrons. The van der Waals surface area contributed by atoms with Gasteiger partial charge in [0, 0.05) is 6.54 Å². The third-order valence-electron chi connectivity index (χ3n) is 3.66. The van der Waals surface area contributed by atoms with E-state index in [1.54, 1.807) is 12.1 Å². The fraction of sp³-hybridized carbons (Fsp3) is 0.467. The molecule has 7 nitrogen and oxygen atoms in total. The Balaban J connectivity index is 1.99. The highest BCUT2D eigenvalue weighted by Crippen LogP contribution is 2.11. The second-order valence-electron chi connectivity index (χ2n) is 5.65. The summed E-state index contributed by atoms with van der Waals surface area (Å²) in [4.78, 5) is 23.8. The van der Waals surface area contributed by atoms with Gasteiger partial charge in [-0.15, -0.1) is 0 Å². The number of carbonyl (C=O) groups is 2. The van der Waals surface area contributed by atoms with Gasteiger partial charge in [-0.3, -0.25) is 9.59 Å². The molecule has 126 valence electrons. The van der Waals surface area contributed by atoms with Crippen molar-refractivity contribution in [1.29, 1.82) is 0 Å². The first-order valence-electron chi connectivity index (χ1n) is 7.47. The normalized spacial score (nSPS) is 19.7. The van der Waals surface area contributed by atoms with Crippen LogP contribution < -0.4 is 15.4 Å². The van der Waals surface area contributed by atoms with Crippen LogP contribution in [0.25, 0.3) is 0 Å². The highest BCUT2D eigenvalue weighted by atomic mass is 32.2. The molecule has 3 N–H and O–H groups in total. The van der Waals surface area contributed by atoms with Crippen LogP contribution in [0.1, 0.15) is 25.3 Å². The Morgan fingerprint density at radius 3 is 2.57 bits per heavy atom. The zero-order valence-corrected chi connectivity index (χ0v) is 13.9. The van der Waals surface area contributed by atoms with E-state index in [0.717, 1.165) is 12.0 Å². The summed E-state index contributed by atoms with van der Waals surface area (Å²) < 4.78 is 26.8. The number of rotatable bonds is 5. The average molecular weight is 339 g/mol. The molecule has 0 aliphatic carbocycles. The van der Waals surface area contributed by atoms with E-state index in [9.17, 15) is 18.0 Å². The molecular weight excluding hydrogens is 318 g/mol. The molecule has 0 aromatic heterocycles. The predicted molar refractivity (Wildman–Crippen MR) is 85.1 cm³/mol. The van der Waals surface area contributed by atoms with Gasteiger partial charge in [0.15, 0.2) is 0 Å². The number of hydrogen-bond donors (Lipinski definition) is 3. The molecular formula is C15H21N3O4S. The third-order valence-corrected chi connectivity index (χ3v) is 5.21. The van der Waals surface area contributed by atoms with Crippen LogP contribution in [0.15, 0.2) is 29.2 Å². The highest BCUT2D eigenvalue weighted by molar-refractivity contribution is 7.89. The molecule has 2 atom stereocenters. The van der Waals surface area contributed by atoms with Gasteiger partial charge in [-0.05, 0) is 38.8 Å². The van der Waals surface area contributed by atoms with Gasteiger partial charge in [-0.1, -0.05) is 17.7 Å². The largest absolute Gasteiger partial charge is 0.354 e. The fourth-order valence-corrected chi connectivity index (χ4v) is 3.48. The third kappa shape index (κ3) is 4.52. The molecule has 8 heteroatoms. The van der Waals surface area contributed by atoms with Crippen molar-refractivity contribution in [2.75, 3.05) is 6.54 Å². The Bertz CT molecular complexity index is 685. The van der Waals surface area contributed by atoms with Crippen molar-refractivity contribution in [2.45, 2.75) is 43.7 Å². The lowest BCUT2D eigenvalue weighted by Crippen LogP contribution is -2.54. The van der Waals surface area contributed by atoms with Crippen LogP contribution >= 0.6 is 0 Å². The van der Waals surface area contributed by atoms with E-state index >= 15 is 0 Å². The zero-order chi connectivity index (χ0) is 17.0. The molecule has 0 unspecified atom stereocenters. The van der Waals surface area contributed by atoms with Gasteiger partial charge in [-0.25, -0.2) is 8.42 Å². The molecule has 23 heavy (non-hydrogen) atoms. The minimum atomic E-state index is -3.79. The van der Waals surface area contributed by atoms with Gasteiger partial charge >= 0.3 is 0 Å². The first-order chi connectivity index (χ1) is 10.8. The summed E-state index contributed by atoms with van der Waals surface area (Å²) in [5, 5.41) is 5.24. The Kier molecular flexibility index (Phi) is 5.38. The molecule has 0 bridgehead atoms. The summed E-state index contributed by atoms with van der Waals surface area (Å²) in [6.07, 6.45) is 1.33. The number of carbonyl (C=O) groups excluding carboxylic acids is 2. The van der Waals surface area contributed by atoms with E-state index in [2.05, 4.69) is 15.4 Å². The first kappa shape index (κ1) is 17.4. The second kappa shape index (κ2) is 7.10. The number of piperidine rings is 1. The number of sulfonamides is 1. The maximum absolute atomic E-state index is 12.2. The van der Waals surface area contributed by atoms with E-state index in [-0.39, 0.29) is 10.8 Å². The molecule has 1 heterocycles. The van der Waals surface area contributed by atoms with Crippen LogP contribution in [0.3, 0.4) is 0 Å². The topological polar surface area (TPSA) is 104 Å². The van der Waals surface area contributed by atoms with Gasteiger partial charge in [0.25, 0.3) is 0 Å². The van der Waals surface area contributed by atoms with Crippen LogP contribution in [0.4, 0.5) is 0 Å². The van der Waals surface area contributed by atoms with Crippen molar-refractivity contribution in [2.24, 2.45) is 0 Å². The van der Waals surface area contributed by atoms with Gasteiger partial charge in [0.2, 0.25) is 21.8 Å². The predicted octanol–water partition coefficient (Wildman–Crippen LogP) is 0.0566. The van der Waals surface area contributed by atoms with Crippen molar-refractivity contribution in [3.05, 3.63) is 29.8 Å². The van der Waals surface area contributed by atoms with Crippen molar-refractivity contribution in [3.8, 4) is 0 Å². The minimum absolute atomic E-state index is 0.0955. The fourth-order valence-electron chi connectivity index (χ4n) is 2.28. The zero-order valence-electron chi connectivity index (χ0n) is 13.1. The lowest BCUT2D eigenvalue weighted by molar-refractivity contribution is -0.130. The SMILES string of the molecule is Cc1ccc(S(=O)(=O)N[C@@H](C)C(=O)N[C@H]2CCCNC2=O)cc1. The van der Waals surface area contributed by atoms with Gasteiger partial charge in [-0.2, -0.15) is 4.72 Å². The average Bonchev–Trinajstić information content (AvgIpc) is 2.49. The summed E-state index contributed by atoms with van der Waals surface area (Å²) in [5.41, 5.74) is 0.943. The van der Waals surface area contributed by atoms with E-state index in [1.165, 1.54) is 19.1 Å². The second-order valence-corrected chi connectivity index (χ2v) is 7.36. The van der Waals surface area contributed by atoms with Crippen LogP contribution in [0.5, 0.6) is 0 Å². The summed E-state index contributed by atoms with van der Waals surface area (Å²) in [6, 6.07) is 4.75. The summed E-state index contributed by atoms with van der Waals surface area (Å²) in [5.74, 6) is -0.763. The van der Waals surface area contributed by atoms with Gasteiger partial charge in [0.05, 0.1) is 10.9 Å². The van der Waals surface area contributed by atoms with Crippen molar-refractivity contribution >= 4 is 21.8 Å². The van der Waals surface area contributed by atoms with Gasteiger partial charge < -0.3 is 10.6 Å². The molecule has 1 saturated heterocycles. The summed E-state index contributed by atoms with van der Waals surface area (Å²) >= 11 is 0. The van der Waals surface area contributed by atoms with Crippen LogP contribution in [-0.4, -0.2) is 38.9 Å². The maximum Gasteiger partial charge on any atom is 0.242 e. The van der Waals surface area contributed by atoms with Gasteiger partial charge in [0.1, 0.15) is 6.04 Å². The smallest absolute Gasteiger partial charge is 0.242 e. The molecule has 0 spiro atoms. The summed E-state index contributed by atoms with van der Waals surface area (Å²) in [7, 11) is -3.79. The van der Waals surface area contributed by atoms with Crippen molar-refractivity contribution < 1.29 is 18.0 Å². The van der Waals surface area contributed by atoms with Crippen LogP contribution in [0, 0.1) is 6.92 Å². The van der Waals surface area contributed by atoms with Crippen molar-refractivity contribution in [3.63, 3.8) is 0 Å². The Morgan fingerprint density at radius 1 is 1.30 bits per heavy atom. The quantitative estimate of drug-likeness (QED) is 0.705. The van der Waals surface area contributed by atoms with Crippen LogP contribution in [0.2, 0.25) is 0 Å². The molecule has 2 rings (SSSR count). The lowest BCUT2D eigenvalue weighted by atomic mass is 10.1. The number of nitrogens with one attached hydrogen (secondary N) is 3. The van der Waals surface area contributed by atoms with E-state index in [0.29, 0.717) is 13.0 Å².